The SMILES string of the molecule is Cn1ncnc1[C@H]1c2n[nH]c(=O)c3cc(F)cc(c23)N[C@@H]1c1ccc(F)c(C#CC2CCN(Cc3ccc4c(c3)CN(C3CCC(=O)NC3=O)C4=O)CC2)c1. The quantitative estimate of drug-likeness (QED) is 0.181. The van der Waals surface area contributed by atoms with Gasteiger partial charge in [0, 0.05) is 49.1 Å². The Balaban J connectivity index is 0.896. The number of aromatic amines is 1. The first-order chi connectivity index (χ1) is 26.6. The molecule has 0 spiro atoms. The van der Waals surface area contributed by atoms with Gasteiger partial charge in [-0.1, -0.05) is 30.0 Å². The van der Waals surface area contributed by atoms with Crippen molar-refractivity contribution in [2.24, 2.45) is 13.0 Å². The number of hydrogen-bond acceptors (Lipinski definition) is 9. The normalized spacial score (nSPS) is 21.3. The Morgan fingerprint density at radius 1 is 0.982 bits per heavy atom. The number of carbonyl (C=O) groups is 3. The number of piperidine rings is 2. The lowest BCUT2D eigenvalue weighted by molar-refractivity contribution is -0.136. The molecule has 1 unspecified atom stereocenters. The molecule has 55 heavy (non-hydrogen) atoms. The number of imide groups is 1. The van der Waals surface area contributed by atoms with Gasteiger partial charge in [-0.15, -0.1) is 0 Å². The van der Waals surface area contributed by atoms with Crippen molar-refractivity contribution in [2.45, 2.75) is 56.8 Å². The van der Waals surface area contributed by atoms with Gasteiger partial charge in [0.15, 0.2) is 0 Å². The molecule has 0 radical (unpaired) electrons. The predicted molar refractivity (Wildman–Crippen MR) is 195 cm³/mol. The number of likely N-dealkylation sites (tertiary alicyclic amines) is 1. The van der Waals surface area contributed by atoms with E-state index < -0.39 is 41.1 Å². The Hall–Kier alpha value is -6.27. The summed E-state index contributed by atoms with van der Waals surface area (Å²) in [5.74, 6) is 4.51. The molecule has 278 valence electrons. The molecule has 0 aliphatic carbocycles. The minimum absolute atomic E-state index is 0.0618. The number of anilines is 1. The van der Waals surface area contributed by atoms with Crippen LogP contribution in [-0.2, 0) is 29.7 Å². The van der Waals surface area contributed by atoms with Gasteiger partial charge >= 0.3 is 0 Å². The van der Waals surface area contributed by atoms with Crippen LogP contribution in [0.3, 0.4) is 0 Å². The number of halogens is 2. The fourth-order valence-electron chi connectivity index (χ4n) is 8.40. The molecule has 5 aromatic rings. The summed E-state index contributed by atoms with van der Waals surface area (Å²) in [6.45, 7) is 2.62. The number of nitrogens with zero attached hydrogens (tertiary/aromatic N) is 6. The number of aromatic nitrogens is 5. The molecule has 2 saturated heterocycles. The van der Waals surface area contributed by atoms with Crippen molar-refractivity contribution in [3.8, 4) is 11.8 Å². The third-order valence-corrected chi connectivity index (χ3v) is 11.2. The zero-order valence-electron chi connectivity index (χ0n) is 29.7. The Labute approximate surface area is 313 Å². The molecule has 4 aliphatic rings. The average molecular weight is 744 g/mol. The molecule has 0 saturated carbocycles. The molecule has 4 aliphatic heterocycles. The maximum Gasteiger partial charge on any atom is 0.272 e. The van der Waals surface area contributed by atoms with Crippen LogP contribution in [0.2, 0.25) is 0 Å². The highest BCUT2D eigenvalue weighted by atomic mass is 19.1. The lowest BCUT2D eigenvalue weighted by Gasteiger charge is -2.33. The number of fused-ring (bicyclic) bond motifs is 1. The van der Waals surface area contributed by atoms with Crippen molar-refractivity contribution < 1.29 is 23.2 Å². The molecule has 2 aromatic heterocycles. The van der Waals surface area contributed by atoms with E-state index >= 15 is 4.39 Å². The highest BCUT2D eigenvalue weighted by Crippen LogP contribution is 2.46. The summed E-state index contributed by atoms with van der Waals surface area (Å²) in [7, 11) is 1.75. The number of hydrogen-bond donors (Lipinski definition) is 3. The van der Waals surface area contributed by atoms with Gasteiger partial charge in [0.25, 0.3) is 11.5 Å². The standard InChI is InChI=1S/C40H35F2N9O4/c1-49-37(43-20-44-49)34-35(45-30-17-26(41)16-28-33(30)36(34)47-48-38(28)53)24-5-7-29(42)23(15-24)4-2-21-10-12-50(13-11-21)18-22-3-6-27-25(14-22)19-51(40(27)55)31-8-9-32(52)46-39(31)54/h3,5-7,14-17,20-21,31,34-35,45H,8-13,18-19H2,1H3,(H,48,53)(H,46,52,54)/t31?,34-,35-/m1/s1. The zero-order chi connectivity index (χ0) is 38.0. The molecule has 3 amide bonds. The first-order valence-corrected chi connectivity index (χ1v) is 18.2. The van der Waals surface area contributed by atoms with Gasteiger partial charge in [-0.2, -0.15) is 10.2 Å². The van der Waals surface area contributed by atoms with Crippen LogP contribution in [0.4, 0.5) is 14.5 Å². The van der Waals surface area contributed by atoms with Crippen LogP contribution in [-0.4, -0.2) is 71.6 Å². The summed E-state index contributed by atoms with van der Waals surface area (Å²) in [4.78, 5) is 58.2. The van der Waals surface area contributed by atoms with E-state index in [-0.39, 0.29) is 35.1 Å². The molecule has 0 bridgehead atoms. The van der Waals surface area contributed by atoms with Gasteiger partial charge < -0.3 is 10.2 Å². The van der Waals surface area contributed by atoms with Crippen LogP contribution in [0.25, 0.3) is 10.8 Å². The van der Waals surface area contributed by atoms with Gasteiger partial charge in [0.2, 0.25) is 11.8 Å². The van der Waals surface area contributed by atoms with Crippen LogP contribution in [0, 0.1) is 29.4 Å². The van der Waals surface area contributed by atoms with Crippen LogP contribution in [0.5, 0.6) is 0 Å². The summed E-state index contributed by atoms with van der Waals surface area (Å²) in [6, 6.07) is 11.8. The summed E-state index contributed by atoms with van der Waals surface area (Å²) >= 11 is 0. The van der Waals surface area contributed by atoms with Crippen LogP contribution < -0.4 is 16.2 Å². The molecule has 13 nitrogen and oxygen atoms in total. The molecule has 3 aromatic carbocycles. The minimum Gasteiger partial charge on any atom is -0.376 e. The van der Waals surface area contributed by atoms with E-state index in [1.165, 1.54) is 24.5 Å². The van der Waals surface area contributed by atoms with E-state index in [0.717, 1.165) is 37.1 Å². The Morgan fingerprint density at radius 2 is 1.82 bits per heavy atom. The predicted octanol–water partition coefficient (Wildman–Crippen LogP) is 3.65. The summed E-state index contributed by atoms with van der Waals surface area (Å²) in [5.41, 5.74) is 3.84. The number of amides is 3. The lowest BCUT2D eigenvalue weighted by Crippen LogP contribution is -2.52. The van der Waals surface area contributed by atoms with E-state index in [2.05, 4.69) is 47.7 Å². The highest BCUT2D eigenvalue weighted by Gasteiger charge is 2.40. The number of nitrogens with one attached hydrogen (secondary N) is 3. The first-order valence-electron chi connectivity index (χ1n) is 18.2. The van der Waals surface area contributed by atoms with Gasteiger partial charge in [-0.05, 0) is 79.4 Å². The van der Waals surface area contributed by atoms with Crippen molar-refractivity contribution in [3.63, 3.8) is 0 Å². The van der Waals surface area contributed by atoms with E-state index in [4.69, 9.17) is 0 Å². The van der Waals surface area contributed by atoms with Gasteiger partial charge in [-0.25, -0.2) is 18.9 Å². The topological polar surface area (TPSA) is 158 Å². The number of carbonyl (C=O) groups excluding carboxylic acids is 3. The second kappa shape index (κ2) is 13.5. The maximum absolute atomic E-state index is 15.3. The highest BCUT2D eigenvalue weighted by molar-refractivity contribution is 6.05. The first kappa shape index (κ1) is 34.5. The van der Waals surface area contributed by atoms with Crippen LogP contribution in [0.15, 0.2) is 59.7 Å². The second-order valence-electron chi connectivity index (χ2n) is 14.6. The van der Waals surface area contributed by atoms with Crippen molar-refractivity contribution in [2.75, 3.05) is 18.4 Å². The van der Waals surface area contributed by atoms with Gasteiger partial charge in [-0.3, -0.25) is 34.1 Å². The number of rotatable bonds is 5. The molecule has 3 N–H and O–H groups in total. The Morgan fingerprint density at radius 3 is 2.60 bits per heavy atom. The third-order valence-electron chi connectivity index (χ3n) is 11.2. The molecule has 2 fully saturated rings. The summed E-state index contributed by atoms with van der Waals surface area (Å²) < 4.78 is 31.7. The maximum atomic E-state index is 15.3. The second-order valence-corrected chi connectivity index (χ2v) is 14.6. The van der Waals surface area contributed by atoms with Crippen molar-refractivity contribution in [1.29, 1.82) is 0 Å². The van der Waals surface area contributed by atoms with Gasteiger partial charge in [0.1, 0.15) is 29.8 Å². The molecular formula is C40H35F2N9O4. The minimum atomic E-state index is -0.647. The average Bonchev–Trinajstić information content (AvgIpc) is 3.74. The molecule has 6 heterocycles. The van der Waals surface area contributed by atoms with E-state index in [0.29, 0.717) is 53.2 Å². The zero-order valence-corrected chi connectivity index (χ0v) is 29.7. The van der Waals surface area contributed by atoms with Crippen LogP contribution in [0.1, 0.15) is 81.8 Å². The van der Waals surface area contributed by atoms with Gasteiger partial charge in [0.05, 0.1) is 28.6 Å². The smallest absolute Gasteiger partial charge is 0.272 e. The fraction of sp³-hybridized carbons (Fsp3) is 0.325. The van der Waals surface area contributed by atoms with Crippen molar-refractivity contribution >= 4 is 34.2 Å². The molecule has 15 heteroatoms. The molecular weight excluding hydrogens is 708 g/mol. The largest absolute Gasteiger partial charge is 0.376 e. The van der Waals surface area contributed by atoms with Crippen LogP contribution >= 0.6 is 0 Å². The van der Waals surface area contributed by atoms with E-state index in [1.54, 1.807) is 28.8 Å². The monoisotopic (exact) mass is 743 g/mol. The number of aryl methyl sites for hydroxylation is 1. The van der Waals surface area contributed by atoms with E-state index in [9.17, 15) is 23.6 Å². The molecule has 9 rings (SSSR count). The molecule has 3 atom stereocenters. The summed E-state index contributed by atoms with van der Waals surface area (Å²) in [6.07, 6.45) is 3.57. The van der Waals surface area contributed by atoms with E-state index in [1.807, 2.05) is 18.2 Å². The lowest BCUT2D eigenvalue weighted by atomic mass is 9.83. The third kappa shape index (κ3) is 6.21. The summed E-state index contributed by atoms with van der Waals surface area (Å²) in [5, 5.41) is 17.6. The number of benzene rings is 3. The fourth-order valence-corrected chi connectivity index (χ4v) is 8.40. The Kier molecular flexibility index (Phi) is 8.49. The number of H-pyrrole nitrogens is 1. The van der Waals surface area contributed by atoms with Crippen molar-refractivity contribution in [3.05, 3.63) is 116 Å². The van der Waals surface area contributed by atoms with Crippen molar-refractivity contribution in [1.82, 2.24) is 40.1 Å². The Bertz CT molecular complexity index is 2550.